The molecule has 0 fully saturated rings. The maximum Gasteiger partial charge on any atom is 0.374 e. The van der Waals surface area contributed by atoms with Crippen LogP contribution in [0.3, 0.4) is 0 Å². The zero-order valence-electron chi connectivity index (χ0n) is 10.9. The van der Waals surface area contributed by atoms with Crippen molar-refractivity contribution in [3.05, 3.63) is 35.9 Å². The second-order valence-electron chi connectivity index (χ2n) is 4.03. The Morgan fingerprint density at radius 3 is 2.21 bits per heavy atom. The van der Waals surface area contributed by atoms with Crippen LogP contribution in [0.15, 0.2) is 30.3 Å². The number of rotatable bonds is 6. The minimum atomic E-state index is -0.943. The molecule has 102 valence electrons. The molecule has 0 amide bonds. The molecule has 0 N–H and O–H groups in total. The fourth-order valence-corrected chi connectivity index (χ4v) is 1.73. The first kappa shape index (κ1) is 14.9. The molecule has 1 aromatic rings. The molecule has 0 bridgehead atoms. The molecular formula is C14H16O5. The highest BCUT2D eigenvalue weighted by atomic mass is 16.5. The van der Waals surface area contributed by atoms with E-state index in [1.165, 1.54) is 7.11 Å². The molecule has 0 aliphatic carbocycles. The summed E-state index contributed by atoms with van der Waals surface area (Å²) >= 11 is 0. The van der Waals surface area contributed by atoms with Crippen molar-refractivity contribution in [3.8, 4) is 0 Å². The van der Waals surface area contributed by atoms with E-state index in [1.54, 1.807) is 0 Å². The minimum Gasteiger partial charge on any atom is -0.469 e. The molecule has 19 heavy (non-hydrogen) atoms. The maximum atomic E-state index is 11.6. The topological polar surface area (TPSA) is 69.7 Å². The molecule has 0 radical (unpaired) electrons. The van der Waals surface area contributed by atoms with Crippen molar-refractivity contribution in [3.63, 3.8) is 0 Å². The summed E-state index contributed by atoms with van der Waals surface area (Å²) in [5.74, 6) is -2.86. The van der Waals surface area contributed by atoms with Crippen molar-refractivity contribution in [1.29, 1.82) is 0 Å². The van der Waals surface area contributed by atoms with Crippen LogP contribution in [-0.2, 0) is 30.3 Å². The first-order valence-electron chi connectivity index (χ1n) is 5.81. The standard InChI is InChI=1S/C14H16O5/c1-18-13(16)11(9-12(15)14(17)19-2)8-10-6-4-3-5-7-10/h3-7,11H,8-9H2,1-2H3/t11-/m0/s1. The van der Waals surface area contributed by atoms with Crippen molar-refractivity contribution in [2.45, 2.75) is 12.8 Å². The SMILES string of the molecule is COC(=O)C(=O)C[C@H](Cc1ccccc1)C(=O)OC. The number of ether oxygens (including phenoxy) is 2. The van der Waals surface area contributed by atoms with Gasteiger partial charge in [0.2, 0.25) is 5.78 Å². The summed E-state index contributed by atoms with van der Waals surface area (Å²) in [5.41, 5.74) is 0.899. The molecule has 0 saturated carbocycles. The number of methoxy groups -OCH3 is 2. The summed E-state index contributed by atoms with van der Waals surface area (Å²) in [6.45, 7) is 0. The molecule has 0 aliphatic rings. The van der Waals surface area contributed by atoms with Crippen molar-refractivity contribution >= 4 is 17.7 Å². The van der Waals surface area contributed by atoms with Gasteiger partial charge in [-0.05, 0) is 12.0 Å². The van der Waals surface area contributed by atoms with E-state index < -0.39 is 23.6 Å². The van der Waals surface area contributed by atoms with Gasteiger partial charge in [0.05, 0.1) is 20.1 Å². The van der Waals surface area contributed by atoms with E-state index in [1.807, 2.05) is 30.3 Å². The van der Waals surface area contributed by atoms with Gasteiger partial charge in [-0.1, -0.05) is 30.3 Å². The van der Waals surface area contributed by atoms with Gasteiger partial charge in [-0.2, -0.15) is 0 Å². The van der Waals surface area contributed by atoms with E-state index in [0.717, 1.165) is 12.7 Å². The van der Waals surface area contributed by atoms with Gasteiger partial charge in [0.15, 0.2) is 0 Å². The van der Waals surface area contributed by atoms with E-state index in [0.29, 0.717) is 6.42 Å². The Morgan fingerprint density at radius 2 is 1.68 bits per heavy atom. The summed E-state index contributed by atoms with van der Waals surface area (Å²) in [6.07, 6.45) is 0.129. The minimum absolute atomic E-state index is 0.214. The molecular weight excluding hydrogens is 248 g/mol. The van der Waals surface area contributed by atoms with Crippen LogP contribution in [-0.4, -0.2) is 31.9 Å². The van der Waals surface area contributed by atoms with Gasteiger partial charge in [-0.3, -0.25) is 9.59 Å². The number of hydrogen-bond acceptors (Lipinski definition) is 5. The summed E-state index contributed by atoms with van der Waals surface area (Å²) in [7, 11) is 2.38. The Balaban J connectivity index is 2.76. The van der Waals surface area contributed by atoms with Gasteiger partial charge in [-0.25, -0.2) is 4.79 Å². The van der Waals surface area contributed by atoms with Crippen LogP contribution in [0.4, 0.5) is 0 Å². The highest BCUT2D eigenvalue weighted by Crippen LogP contribution is 2.15. The molecule has 0 aliphatic heterocycles. The number of esters is 2. The second kappa shape index (κ2) is 7.31. The Hall–Kier alpha value is -2.17. The maximum absolute atomic E-state index is 11.6. The van der Waals surface area contributed by atoms with Crippen LogP contribution in [0.2, 0.25) is 0 Å². The van der Waals surface area contributed by atoms with Gasteiger partial charge < -0.3 is 9.47 Å². The van der Waals surface area contributed by atoms with Crippen molar-refractivity contribution in [2.24, 2.45) is 5.92 Å². The number of ketones is 1. The molecule has 5 heteroatoms. The molecule has 0 spiro atoms. The van der Waals surface area contributed by atoms with E-state index in [9.17, 15) is 14.4 Å². The van der Waals surface area contributed by atoms with Gasteiger partial charge in [0.25, 0.3) is 0 Å². The van der Waals surface area contributed by atoms with Gasteiger partial charge in [0.1, 0.15) is 0 Å². The molecule has 0 heterocycles. The fourth-order valence-electron chi connectivity index (χ4n) is 1.73. The quantitative estimate of drug-likeness (QED) is 0.569. The summed E-state index contributed by atoms with van der Waals surface area (Å²) in [6, 6.07) is 9.23. The Kier molecular flexibility index (Phi) is 5.73. The van der Waals surface area contributed by atoms with E-state index in [2.05, 4.69) is 9.47 Å². The van der Waals surface area contributed by atoms with Crippen LogP contribution < -0.4 is 0 Å². The zero-order chi connectivity index (χ0) is 14.3. The lowest BCUT2D eigenvalue weighted by Crippen LogP contribution is -2.26. The normalized spacial score (nSPS) is 11.5. The van der Waals surface area contributed by atoms with E-state index in [-0.39, 0.29) is 6.42 Å². The Bertz CT molecular complexity index is 452. The smallest absolute Gasteiger partial charge is 0.374 e. The zero-order valence-corrected chi connectivity index (χ0v) is 10.9. The van der Waals surface area contributed by atoms with Crippen molar-refractivity contribution in [1.82, 2.24) is 0 Å². The predicted octanol–water partition coefficient (Wildman–Crippen LogP) is 1.15. The number of Topliss-reactive ketones (excluding diaryl/α,β-unsaturated/α-hetero) is 1. The molecule has 0 saturated heterocycles. The van der Waals surface area contributed by atoms with Crippen LogP contribution in [0, 0.1) is 5.92 Å². The average molecular weight is 264 g/mol. The second-order valence-corrected chi connectivity index (χ2v) is 4.03. The van der Waals surface area contributed by atoms with Gasteiger partial charge in [-0.15, -0.1) is 0 Å². The largest absolute Gasteiger partial charge is 0.469 e. The molecule has 1 rings (SSSR count). The number of benzene rings is 1. The third-order valence-corrected chi connectivity index (χ3v) is 2.70. The number of carbonyl (C=O) groups excluding carboxylic acids is 3. The highest BCUT2D eigenvalue weighted by molar-refractivity contribution is 6.33. The monoisotopic (exact) mass is 264 g/mol. The van der Waals surface area contributed by atoms with Gasteiger partial charge >= 0.3 is 11.9 Å². The van der Waals surface area contributed by atoms with Crippen LogP contribution in [0.25, 0.3) is 0 Å². The lowest BCUT2D eigenvalue weighted by molar-refractivity contribution is -0.154. The average Bonchev–Trinajstić information content (AvgIpc) is 2.45. The highest BCUT2D eigenvalue weighted by Gasteiger charge is 2.26. The van der Waals surface area contributed by atoms with Crippen LogP contribution in [0.5, 0.6) is 0 Å². The molecule has 5 nitrogen and oxygen atoms in total. The van der Waals surface area contributed by atoms with Crippen molar-refractivity contribution in [2.75, 3.05) is 14.2 Å². The lowest BCUT2D eigenvalue weighted by atomic mass is 9.94. The fraction of sp³-hybridized carbons (Fsp3) is 0.357. The van der Waals surface area contributed by atoms with Crippen LogP contribution >= 0.6 is 0 Å². The van der Waals surface area contributed by atoms with E-state index in [4.69, 9.17) is 0 Å². The molecule has 1 atom stereocenters. The van der Waals surface area contributed by atoms with Gasteiger partial charge in [0, 0.05) is 6.42 Å². The third-order valence-electron chi connectivity index (χ3n) is 2.70. The Labute approximate surface area is 111 Å². The summed E-state index contributed by atoms with van der Waals surface area (Å²) in [4.78, 5) is 34.2. The lowest BCUT2D eigenvalue weighted by Gasteiger charge is -2.13. The van der Waals surface area contributed by atoms with Crippen molar-refractivity contribution < 1.29 is 23.9 Å². The predicted molar refractivity (Wildman–Crippen MR) is 67.3 cm³/mol. The molecule has 0 unspecified atom stereocenters. The number of hydrogen-bond donors (Lipinski definition) is 0. The number of carbonyl (C=O) groups is 3. The van der Waals surface area contributed by atoms with Crippen LogP contribution in [0.1, 0.15) is 12.0 Å². The first-order chi connectivity index (χ1) is 9.08. The van der Waals surface area contributed by atoms with E-state index >= 15 is 0 Å². The molecule has 1 aromatic carbocycles. The summed E-state index contributed by atoms with van der Waals surface area (Å²) in [5, 5.41) is 0. The first-order valence-corrected chi connectivity index (χ1v) is 5.81. The summed E-state index contributed by atoms with van der Waals surface area (Å²) < 4.78 is 8.99. The third kappa shape index (κ3) is 4.54. The Morgan fingerprint density at radius 1 is 1.05 bits per heavy atom. The molecule has 0 aromatic heterocycles.